The third-order valence-corrected chi connectivity index (χ3v) is 4.46. The normalized spacial score (nSPS) is 23.0. The van der Waals surface area contributed by atoms with E-state index in [4.69, 9.17) is 4.84 Å². The second-order valence-corrected chi connectivity index (χ2v) is 6.07. The SMILES string of the molecule is O=C(c1ccccc1)N1CCC2(CC(c3cccnc3)=NO2)C1. The van der Waals surface area contributed by atoms with Gasteiger partial charge in [0.1, 0.15) is 0 Å². The maximum absolute atomic E-state index is 12.6. The molecule has 2 aromatic rings. The molecule has 2 aliphatic heterocycles. The Morgan fingerprint density at radius 1 is 1.17 bits per heavy atom. The van der Waals surface area contributed by atoms with E-state index in [9.17, 15) is 4.79 Å². The van der Waals surface area contributed by atoms with E-state index in [0.717, 1.165) is 29.7 Å². The van der Waals surface area contributed by atoms with Crippen molar-refractivity contribution in [2.24, 2.45) is 5.16 Å². The number of carbonyl (C=O) groups is 1. The Morgan fingerprint density at radius 2 is 2.04 bits per heavy atom. The van der Waals surface area contributed by atoms with Crippen LogP contribution in [0.25, 0.3) is 0 Å². The van der Waals surface area contributed by atoms with E-state index in [1.165, 1.54) is 0 Å². The predicted molar refractivity (Wildman–Crippen MR) is 86.2 cm³/mol. The van der Waals surface area contributed by atoms with Crippen LogP contribution in [0, 0.1) is 0 Å². The van der Waals surface area contributed by atoms with Gasteiger partial charge in [0.15, 0.2) is 5.60 Å². The fourth-order valence-electron chi connectivity index (χ4n) is 3.21. The minimum atomic E-state index is -0.379. The van der Waals surface area contributed by atoms with E-state index in [1.807, 2.05) is 47.4 Å². The number of oxime groups is 1. The highest BCUT2D eigenvalue weighted by molar-refractivity contribution is 6.01. The van der Waals surface area contributed by atoms with E-state index < -0.39 is 0 Å². The first-order valence-corrected chi connectivity index (χ1v) is 7.76. The highest BCUT2D eigenvalue weighted by Crippen LogP contribution is 2.35. The number of nitrogens with zero attached hydrogens (tertiary/aromatic N) is 3. The maximum atomic E-state index is 12.6. The lowest BCUT2D eigenvalue weighted by Crippen LogP contribution is -2.36. The standard InChI is InChI=1S/C18H17N3O2/c22-17(14-5-2-1-3-6-14)21-10-8-18(13-21)11-16(20-23-18)15-7-4-9-19-12-15/h1-7,9,12H,8,10-11,13H2. The molecule has 1 unspecified atom stereocenters. The number of benzene rings is 1. The van der Waals surface area contributed by atoms with E-state index in [-0.39, 0.29) is 11.5 Å². The maximum Gasteiger partial charge on any atom is 0.253 e. The minimum absolute atomic E-state index is 0.0564. The van der Waals surface area contributed by atoms with Crippen LogP contribution in [0.15, 0.2) is 60.0 Å². The Balaban J connectivity index is 1.46. The molecule has 1 amide bonds. The fraction of sp³-hybridized carbons (Fsp3) is 0.278. The van der Waals surface area contributed by atoms with Crippen molar-refractivity contribution in [3.63, 3.8) is 0 Å². The van der Waals surface area contributed by atoms with Crippen molar-refractivity contribution >= 4 is 11.6 Å². The molecule has 0 bridgehead atoms. The lowest BCUT2D eigenvalue weighted by Gasteiger charge is -2.21. The first-order chi connectivity index (χ1) is 11.3. The summed E-state index contributed by atoms with van der Waals surface area (Å²) in [5.41, 5.74) is 2.23. The summed E-state index contributed by atoms with van der Waals surface area (Å²) in [6.07, 6.45) is 5.06. The average Bonchev–Trinajstić information content (AvgIpc) is 3.23. The molecule has 0 N–H and O–H groups in total. The van der Waals surface area contributed by atoms with Crippen LogP contribution < -0.4 is 0 Å². The van der Waals surface area contributed by atoms with Crippen molar-refractivity contribution in [3.8, 4) is 0 Å². The molecule has 1 spiro atoms. The number of pyridine rings is 1. The van der Waals surface area contributed by atoms with Gasteiger partial charge in [-0.2, -0.15) is 0 Å². The van der Waals surface area contributed by atoms with Crippen LogP contribution in [-0.2, 0) is 4.84 Å². The van der Waals surface area contributed by atoms with Crippen LogP contribution >= 0.6 is 0 Å². The van der Waals surface area contributed by atoms with E-state index in [2.05, 4.69) is 10.1 Å². The Kier molecular flexibility index (Phi) is 3.33. The van der Waals surface area contributed by atoms with Crippen LogP contribution in [-0.4, -0.2) is 40.2 Å². The van der Waals surface area contributed by atoms with Gasteiger partial charge >= 0.3 is 0 Å². The second kappa shape index (κ2) is 5.50. The number of amides is 1. The fourth-order valence-corrected chi connectivity index (χ4v) is 3.21. The molecule has 0 radical (unpaired) electrons. The lowest BCUT2D eigenvalue weighted by atomic mass is 9.94. The van der Waals surface area contributed by atoms with Crippen molar-refractivity contribution in [1.82, 2.24) is 9.88 Å². The number of hydrogen-bond donors (Lipinski definition) is 0. The third-order valence-electron chi connectivity index (χ3n) is 4.46. The Hall–Kier alpha value is -2.69. The summed E-state index contributed by atoms with van der Waals surface area (Å²) < 4.78 is 0. The van der Waals surface area contributed by atoms with Gasteiger partial charge in [-0.15, -0.1) is 0 Å². The molecular weight excluding hydrogens is 290 g/mol. The van der Waals surface area contributed by atoms with E-state index in [1.54, 1.807) is 12.4 Å². The predicted octanol–water partition coefficient (Wildman–Crippen LogP) is 2.49. The molecule has 1 aromatic heterocycles. The second-order valence-electron chi connectivity index (χ2n) is 6.07. The first kappa shape index (κ1) is 13.9. The third kappa shape index (κ3) is 2.59. The van der Waals surface area contributed by atoms with E-state index in [0.29, 0.717) is 13.1 Å². The number of hydrogen-bond acceptors (Lipinski definition) is 4. The van der Waals surface area contributed by atoms with Gasteiger partial charge < -0.3 is 9.74 Å². The van der Waals surface area contributed by atoms with Gasteiger partial charge in [0.05, 0.1) is 12.3 Å². The summed E-state index contributed by atoms with van der Waals surface area (Å²) >= 11 is 0. The summed E-state index contributed by atoms with van der Waals surface area (Å²) in [6.45, 7) is 1.28. The van der Waals surface area contributed by atoms with Gasteiger partial charge in [-0.1, -0.05) is 23.4 Å². The number of aromatic nitrogens is 1. The Labute approximate surface area is 134 Å². The molecular formula is C18H17N3O2. The van der Waals surface area contributed by atoms with Crippen molar-refractivity contribution in [3.05, 3.63) is 66.0 Å². The highest BCUT2D eigenvalue weighted by atomic mass is 16.7. The zero-order valence-electron chi connectivity index (χ0n) is 12.7. The van der Waals surface area contributed by atoms with Crippen LogP contribution in [0.3, 0.4) is 0 Å². The van der Waals surface area contributed by atoms with E-state index >= 15 is 0 Å². The molecule has 5 nitrogen and oxygen atoms in total. The summed E-state index contributed by atoms with van der Waals surface area (Å²) in [6, 6.07) is 13.2. The van der Waals surface area contributed by atoms with Crippen molar-refractivity contribution in [1.29, 1.82) is 0 Å². The summed E-state index contributed by atoms with van der Waals surface area (Å²) in [5, 5.41) is 4.25. The lowest BCUT2D eigenvalue weighted by molar-refractivity contribution is -0.00917. The van der Waals surface area contributed by atoms with Crippen LogP contribution in [0.2, 0.25) is 0 Å². The Bertz CT molecular complexity index is 745. The van der Waals surface area contributed by atoms with Crippen molar-refractivity contribution < 1.29 is 9.63 Å². The summed E-state index contributed by atoms with van der Waals surface area (Å²) in [5.74, 6) is 0.0564. The highest BCUT2D eigenvalue weighted by Gasteiger charge is 2.46. The van der Waals surface area contributed by atoms with Crippen LogP contribution in [0.4, 0.5) is 0 Å². The summed E-state index contributed by atoms with van der Waals surface area (Å²) in [4.78, 5) is 24.3. The molecule has 4 rings (SSSR count). The molecule has 3 heterocycles. The molecule has 1 saturated heterocycles. The van der Waals surface area contributed by atoms with Gasteiger partial charge in [0.25, 0.3) is 5.91 Å². The van der Waals surface area contributed by atoms with Gasteiger partial charge in [0, 0.05) is 42.9 Å². The summed E-state index contributed by atoms with van der Waals surface area (Å²) in [7, 11) is 0. The first-order valence-electron chi connectivity index (χ1n) is 7.76. The van der Waals surface area contributed by atoms with Crippen LogP contribution in [0.5, 0.6) is 0 Å². The minimum Gasteiger partial charge on any atom is -0.387 e. The van der Waals surface area contributed by atoms with Crippen molar-refractivity contribution in [2.75, 3.05) is 13.1 Å². The average molecular weight is 307 g/mol. The Morgan fingerprint density at radius 3 is 2.83 bits per heavy atom. The molecule has 0 saturated carbocycles. The molecule has 0 aliphatic carbocycles. The molecule has 1 atom stereocenters. The topological polar surface area (TPSA) is 54.8 Å². The van der Waals surface area contributed by atoms with Gasteiger partial charge in [-0.05, 0) is 24.3 Å². The molecule has 23 heavy (non-hydrogen) atoms. The molecule has 5 heteroatoms. The number of carbonyl (C=O) groups excluding carboxylic acids is 1. The molecule has 1 aromatic carbocycles. The molecule has 116 valence electrons. The monoisotopic (exact) mass is 307 g/mol. The zero-order valence-corrected chi connectivity index (χ0v) is 12.7. The molecule has 1 fully saturated rings. The van der Waals surface area contributed by atoms with Gasteiger partial charge in [-0.3, -0.25) is 9.78 Å². The van der Waals surface area contributed by atoms with Crippen LogP contribution in [0.1, 0.15) is 28.8 Å². The smallest absolute Gasteiger partial charge is 0.253 e. The largest absolute Gasteiger partial charge is 0.387 e. The van der Waals surface area contributed by atoms with Crippen molar-refractivity contribution in [2.45, 2.75) is 18.4 Å². The van der Waals surface area contributed by atoms with Gasteiger partial charge in [0.2, 0.25) is 0 Å². The number of likely N-dealkylation sites (tertiary alicyclic amines) is 1. The quantitative estimate of drug-likeness (QED) is 0.856. The zero-order chi connectivity index (χ0) is 15.7. The van der Waals surface area contributed by atoms with Gasteiger partial charge in [-0.25, -0.2) is 0 Å². The molecule has 2 aliphatic rings. The number of rotatable bonds is 2.